The van der Waals surface area contributed by atoms with E-state index >= 15 is 0 Å². The summed E-state index contributed by atoms with van der Waals surface area (Å²) in [6.07, 6.45) is 3.21. The summed E-state index contributed by atoms with van der Waals surface area (Å²) < 4.78 is 54.2. The number of benzene rings is 1. The summed E-state index contributed by atoms with van der Waals surface area (Å²) in [5.74, 6) is 1.36. The highest BCUT2D eigenvalue weighted by Crippen LogP contribution is 2.45. The molecule has 5 heterocycles. The molecule has 1 saturated carbocycles. The van der Waals surface area contributed by atoms with Crippen molar-refractivity contribution in [1.82, 2.24) is 44.4 Å². The van der Waals surface area contributed by atoms with E-state index < -0.39 is 11.9 Å². The van der Waals surface area contributed by atoms with Gasteiger partial charge in [0.15, 0.2) is 17.2 Å². The van der Waals surface area contributed by atoms with Crippen LogP contribution < -0.4 is 4.74 Å². The number of aromatic nitrogens is 9. The lowest BCUT2D eigenvalue weighted by molar-refractivity contribution is -0.140. The number of nitrogens with zero attached hydrogens (tertiary/aromatic N) is 9. The first-order valence-corrected chi connectivity index (χ1v) is 14.0. The molecule has 14 heteroatoms. The SMILES string of the molecule is COc1ncnc(C2CC2)c1-c1ncc2c(-c3ccon3)nn(Cc3ccc(-c4nc(C(F)(F)F)cn4C(C)C)cc3)c2n1. The van der Waals surface area contributed by atoms with Crippen molar-refractivity contribution in [2.24, 2.45) is 0 Å². The van der Waals surface area contributed by atoms with Crippen molar-refractivity contribution >= 4 is 11.0 Å². The Morgan fingerprint density at radius 3 is 2.50 bits per heavy atom. The number of imidazole rings is 1. The molecule has 6 aromatic rings. The normalized spacial score (nSPS) is 13.7. The third kappa shape index (κ3) is 4.95. The number of fused-ring (bicyclic) bond motifs is 1. The van der Waals surface area contributed by atoms with Gasteiger partial charge in [0.05, 0.1) is 24.7 Å². The van der Waals surface area contributed by atoms with E-state index in [0.717, 1.165) is 30.3 Å². The molecule has 0 amide bonds. The Morgan fingerprint density at radius 2 is 1.84 bits per heavy atom. The fraction of sp³-hybridized carbons (Fsp3) is 0.300. The molecule has 11 nitrogen and oxygen atoms in total. The predicted molar refractivity (Wildman–Crippen MR) is 153 cm³/mol. The van der Waals surface area contributed by atoms with E-state index in [1.54, 1.807) is 36.2 Å². The quantitative estimate of drug-likeness (QED) is 0.197. The number of hydrogen-bond acceptors (Lipinski definition) is 9. The first-order chi connectivity index (χ1) is 21.2. The molecule has 5 aromatic heterocycles. The van der Waals surface area contributed by atoms with E-state index in [4.69, 9.17) is 19.3 Å². The van der Waals surface area contributed by atoms with Crippen LogP contribution in [-0.4, -0.2) is 51.5 Å². The number of alkyl halides is 3. The third-order valence-electron chi connectivity index (χ3n) is 7.52. The van der Waals surface area contributed by atoms with Crippen LogP contribution in [0.3, 0.4) is 0 Å². The maximum atomic E-state index is 13.4. The van der Waals surface area contributed by atoms with Gasteiger partial charge < -0.3 is 13.8 Å². The van der Waals surface area contributed by atoms with Gasteiger partial charge in [-0.15, -0.1) is 0 Å². The molecule has 0 spiro atoms. The Labute approximate surface area is 248 Å². The van der Waals surface area contributed by atoms with Gasteiger partial charge in [0.1, 0.15) is 35.4 Å². The zero-order chi connectivity index (χ0) is 30.6. The average Bonchev–Trinajstić information content (AvgIpc) is 3.38. The minimum absolute atomic E-state index is 0.207. The summed E-state index contributed by atoms with van der Waals surface area (Å²) in [4.78, 5) is 22.3. The van der Waals surface area contributed by atoms with Crippen molar-refractivity contribution in [2.45, 2.75) is 51.4 Å². The van der Waals surface area contributed by atoms with Crippen LogP contribution in [0, 0.1) is 0 Å². The molecule has 1 aliphatic rings. The monoisotopic (exact) mass is 601 g/mol. The van der Waals surface area contributed by atoms with Gasteiger partial charge in [-0.05, 0) is 32.3 Å². The summed E-state index contributed by atoms with van der Waals surface area (Å²) >= 11 is 0. The van der Waals surface area contributed by atoms with Crippen LogP contribution in [0.25, 0.3) is 45.2 Å². The van der Waals surface area contributed by atoms with Crippen LogP contribution in [0.1, 0.15) is 55.6 Å². The van der Waals surface area contributed by atoms with Crippen molar-refractivity contribution in [1.29, 1.82) is 0 Å². The standard InChI is InChI=1S/C30H26F3N9O2/c1-16(2)41-14-22(30(31,32)33)37-27(41)19-6-4-17(5-7-19)13-42-28-20(25(39-42)21-10-11-44-40-21)12-34-26(38-28)23-24(18-8-9-18)35-15-36-29(23)43-3/h4-7,10-12,14-16,18H,8-9,13H2,1-3H3. The number of rotatable bonds is 8. The van der Waals surface area contributed by atoms with Gasteiger partial charge in [-0.3, -0.25) is 0 Å². The van der Waals surface area contributed by atoms with E-state index in [-0.39, 0.29) is 11.9 Å². The maximum Gasteiger partial charge on any atom is 0.434 e. The summed E-state index contributed by atoms with van der Waals surface area (Å²) in [7, 11) is 1.55. The predicted octanol–water partition coefficient (Wildman–Crippen LogP) is 6.34. The Bertz CT molecular complexity index is 1960. The lowest BCUT2D eigenvalue weighted by Crippen LogP contribution is -2.06. The highest BCUT2D eigenvalue weighted by molar-refractivity contribution is 5.90. The van der Waals surface area contributed by atoms with Crippen LogP contribution in [0.5, 0.6) is 5.88 Å². The molecule has 0 aliphatic heterocycles. The van der Waals surface area contributed by atoms with Crippen molar-refractivity contribution in [3.63, 3.8) is 0 Å². The van der Waals surface area contributed by atoms with Crippen molar-refractivity contribution in [3.8, 4) is 40.0 Å². The molecule has 0 atom stereocenters. The average molecular weight is 602 g/mol. The summed E-state index contributed by atoms with van der Waals surface area (Å²) in [6.45, 7) is 3.95. The first kappa shape index (κ1) is 27.7. The maximum absolute atomic E-state index is 13.4. The minimum atomic E-state index is -4.53. The molecule has 224 valence electrons. The summed E-state index contributed by atoms with van der Waals surface area (Å²) in [6, 6.07) is 8.70. The molecule has 0 bridgehead atoms. The van der Waals surface area contributed by atoms with Crippen LogP contribution in [-0.2, 0) is 12.7 Å². The molecular formula is C30H26F3N9O2. The second-order valence-corrected chi connectivity index (χ2v) is 10.9. The van der Waals surface area contributed by atoms with Gasteiger partial charge in [-0.25, -0.2) is 29.6 Å². The van der Waals surface area contributed by atoms with Gasteiger partial charge >= 0.3 is 6.18 Å². The highest BCUT2D eigenvalue weighted by Gasteiger charge is 2.35. The van der Waals surface area contributed by atoms with E-state index in [1.165, 1.54) is 17.2 Å². The molecule has 1 aromatic carbocycles. The molecule has 0 unspecified atom stereocenters. The second kappa shape index (κ2) is 10.5. The van der Waals surface area contributed by atoms with Crippen molar-refractivity contribution in [3.05, 3.63) is 72.3 Å². The molecule has 44 heavy (non-hydrogen) atoms. The molecule has 7 rings (SSSR count). The van der Waals surface area contributed by atoms with Crippen LogP contribution in [0.4, 0.5) is 13.2 Å². The lowest BCUT2D eigenvalue weighted by atomic mass is 10.1. The van der Waals surface area contributed by atoms with Crippen LogP contribution in [0.15, 0.2) is 59.8 Å². The minimum Gasteiger partial charge on any atom is -0.480 e. The smallest absolute Gasteiger partial charge is 0.434 e. The van der Waals surface area contributed by atoms with Crippen molar-refractivity contribution < 1.29 is 22.4 Å². The highest BCUT2D eigenvalue weighted by atomic mass is 19.4. The Hall–Kier alpha value is -5.14. The summed E-state index contributed by atoms with van der Waals surface area (Å²) in [5.41, 5.74) is 3.63. The molecule has 1 aliphatic carbocycles. The van der Waals surface area contributed by atoms with E-state index in [0.29, 0.717) is 57.7 Å². The fourth-order valence-electron chi connectivity index (χ4n) is 5.20. The Balaban J connectivity index is 1.29. The number of ether oxygens (including phenoxy) is 1. The van der Waals surface area contributed by atoms with Crippen LogP contribution >= 0.6 is 0 Å². The van der Waals surface area contributed by atoms with Gasteiger partial charge in [0.25, 0.3) is 0 Å². The Kier molecular flexibility index (Phi) is 6.63. The summed E-state index contributed by atoms with van der Waals surface area (Å²) in [5, 5.41) is 9.54. The molecule has 0 saturated heterocycles. The van der Waals surface area contributed by atoms with Gasteiger partial charge in [0.2, 0.25) is 5.88 Å². The van der Waals surface area contributed by atoms with E-state index in [9.17, 15) is 13.2 Å². The third-order valence-corrected chi connectivity index (χ3v) is 7.52. The molecule has 0 radical (unpaired) electrons. The Morgan fingerprint density at radius 1 is 1.05 bits per heavy atom. The first-order valence-electron chi connectivity index (χ1n) is 14.0. The molecule has 0 N–H and O–H groups in total. The fourth-order valence-corrected chi connectivity index (χ4v) is 5.20. The second-order valence-electron chi connectivity index (χ2n) is 10.9. The van der Waals surface area contributed by atoms with Gasteiger partial charge in [0, 0.05) is 36.0 Å². The number of methoxy groups -OCH3 is 1. The molecular weight excluding hydrogens is 575 g/mol. The van der Waals surface area contributed by atoms with Crippen molar-refractivity contribution in [2.75, 3.05) is 7.11 Å². The van der Waals surface area contributed by atoms with Gasteiger partial charge in [-0.1, -0.05) is 29.4 Å². The zero-order valence-corrected chi connectivity index (χ0v) is 23.9. The lowest BCUT2D eigenvalue weighted by Gasteiger charge is -2.12. The topological polar surface area (TPSA) is 122 Å². The zero-order valence-electron chi connectivity index (χ0n) is 23.9. The van der Waals surface area contributed by atoms with E-state index in [2.05, 4.69) is 25.1 Å². The number of hydrogen-bond donors (Lipinski definition) is 0. The number of halogens is 3. The largest absolute Gasteiger partial charge is 0.480 e. The van der Waals surface area contributed by atoms with E-state index in [1.807, 2.05) is 26.0 Å². The van der Waals surface area contributed by atoms with Gasteiger partial charge in [-0.2, -0.15) is 18.3 Å². The molecule has 1 fully saturated rings. The van der Waals surface area contributed by atoms with Crippen LogP contribution in [0.2, 0.25) is 0 Å².